The van der Waals surface area contributed by atoms with Crippen molar-refractivity contribution in [3.63, 3.8) is 0 Å². The molecule has 2 aliphatic rings. The van der Waals surface area contributed by atoms with Crippen LogP contribution in [-0.4, -0.2) is 65.5 Å². The number of carbonyl (C=O) groups excluding carboxylic acids is 3. The fraction of sp³-hybridized carbons (Fsp3) is 0.290. The van der Waals surface area contributed by atoms with E-state index in [1.165, 1.54) is 4.90 Å². The second-order valence-electron chi connectivity index (χ2n) is 10.3. The van der Waals surface area contributed by atoms with Crippen molar-refractivity contribution in [3.05, 3.63) is 76.9 Å². The third kappa shape index (κ3) is 6.40. The topological polar surface area (TPSA) is 131 Å². The number of fused-ring (bicyclic) bond motifs is 2. The van der Waals surface area contributed by atoms with Gasteiger partial charge in [-0.2, -0.15) is 8.78 Å². The molecule has 14 heteroatoms. The molecule has 236 valence electrons. The highest BCUT2D eigenvalue weighted by molar-refractivity contribution is 6.03. The third-order valence-corrected chi connectivity index (χ3v) is 7.40. The van der Waals surface area contributed by atoms with Crippen LogP contribution in [0.5, 0.6) is 17.2 Å². The van der Waals surface area contributed by atoms with Crippen LogP contribution in [0.25, 0.3) is 11.1 Å². The maximum absolute atomic E-state index is 13.9. The fourth-order valence-electron chi connectivity index (χ4n) is 5.13. The Bertz CT molecular complexity index is 1670. The van der Waals surface area contributed by atoms with Gasteiger partial charge in [-0.15, -0.1) is 0 Å². The van der Waals surface area contributed by atoms with Crippen molar-refractivity contribution in [3.8, 4) is 28.4 Å². The third-order valence-electron chi connectivity index (χ3n) is 7.40. The van der Waals surface area contributed by atoms with Crippen molar-refractivity contribution in [1.29, 1.82) is 0 Å². The molecule has 0 unspecified atom stereocenters. The zero-order valence-corrected chi connectivity index (χ0v) is 23.7. The molecule has 0 bridgehead atoms. The van der Waals surface area contributed by atoms with Gasteiger partial charge in [-0.1, -0.05) is 25.1 Å². The molecule has 2 aliphatic heterocycles. The van der Waals surface area contributed by atoms with Crippen LogP contribution in [0.4, 0.5) is 17.6 Å². The van der Waals surface area contributed by atoms with Crippen LogP contribution in [-0.2, 0) is 20.9 Å². The molecule has 0 fully saturated rings. The number of rotatable bonds is 11. The Hall–Kier alpha value is -5.14. The summed E-state index contributed by atoms with van der Waals surface area (Å²) in [6.45, 7) is 1.30. The van der Waals surface area contributed by atoms with Gasteiger partial charge < -0.3 is 29.5 Å². The normalized spacial score (nSPS) is 14.9. The molecule has 2 atom stereocenters. The summed E-state index contributed by atoms with van der Waals surface area (Å²) in [5.74, 6) is -11.6. The zero-order valence-electron chi connectivity index (χ0n) is 23.7. The van der Waals surface area contributed by atoms with E-state index in [1.54, 1.807) is 31.2 Å². The minimum atomic E-state index is -1.89. The highest BCUT2D eigenvalue weighted by atomic mass is 19.2. The molecule has 10 nitrogen and oxygen atoms in total. The smallest absolute Gasteiger partial charge is 0.305 e. The van der Waals surface area contributed by atoms with Gasteiger partial charge in [-0.25, -0.2) is 8.78 Å². The number of nitrogens with one attached hydrogen (secondary N) is 1. The SMILES string of the molecule is CC[C@@H](C(=O)N[C@H](CC(=O)O)C(=O)COc1c(F)c(F)cc(F)c1F)N1Cc2ccc(-c3ccc4c(c3)OCCO4)cc2C1=O. The second-order valence-corrected chi connectivity index (χ2v) is 10.3. The van der Waals surface area contributed by atoms with Crippen LogP contribution in [0, 0.1) is 23.3 Å². The summed E-state index contributed by atoms with van der Waals surface area (Å²) < 4.78 is 70.7. The van der Waals surface area contributed by atoms with E-state index in [-0.39, 0.29) is 19.0 Å². The van der Waals surface area contributed by atoms with Crippen molar-refractivity contribution in [2.75, 3.05) is 19.8 Å². The predicted molar refractivity (Wildman–Crippen MR) is 148 cm³/mol. The maximum Gasteiger partial charge on any atom is 0.305 e. The van der Waals surface area contributed by atoms with Crippen LogP contribution in [0.15, 0.2) is 42.5 Å². The molecule has 0 saturated heterocycles. The summed E-state index contributed by atoms with van der Waals surface area (Å²) in [5, 5.41) is 11.6. The number of amides is 2. The number of carboxylic acids is 1. The molecule has 2 N–H and O–H groups in total. The number of nitrogens with zero attached hydrogens (tertiary/aromatic N) is 1. The van der Waals surface area contributed by atoms with Gasteiger partial charge in [-0.05, 0) is 41.3 Å². The molecule has 3 aromatic carbocycles. The van der Waals surface area contributed by atoms with Crippen LogP contribution < -0.4 is 19.5 Å². The van der Waals surface area contributed by atoms with E-state index in [2.05, 4.69) is 10.1 Å². The average Bonchev–Trinajstić information content (AvgIpc) is 3.34. The minimum absolute atomic E-state index is 0.0468. The van der Waals surface area contributed by atoms with Crippen molar-refractivity contribution in [1.82, 2.24) is 10.2 Å². The maximum atomic E-state index is 13.9. The van der Waals surface area contributed by atoms with Gasteiger partial charge in [0.2, 0.25) is 17.5 Å². The fourth-order valence-corrected chi connectivity index (χ4v) is 5.13. The highest BCUT2D eigenvalue weighted by Crippen LogP contribution is 2.36. The highest BCUT2D eigenvalue weighted by Gasteiger charge is 2.37. The Morgan fingerprint density at radius 3 is 2.27 bits per heavy atom. The molecule has 5 rings (SSSR count). The molecule has 3 aromatic rings. The lowest BCUT2D eigenvalue weighted by molar-refractivity contribution is -0.141. The number of Topliss-reactive ketones (excluding diaryl/α,β-unsaturated/α-hetero) is 1. The van der Waals surface area contributed by atoms with E-state index in [0.717, 1.165) is 11.1 Å². The second kappa shape index (κ2) is 12.8. The number of hydrogen-bond donors (Lipinski definition) is 2. The first-order valence-corrected chi connectivity index (χ1v) is 13.8. The first kappa shape index (κ1) is 31.3. The van der Waals surface area contributed by atoms with E-state index in [1.807, 2.05) is 12.1 Å². The summed E-state index contributed by atoms with van der Waals surface area (Å²) in [5.41, 5.74) is 2.49. The average molecular weight is 631 g/mol. The van der Waals surface area contributed by atoms with Crippen LogP contribution in [0.1, 0.15) is 35.7 Å². The van der Waals surface area contributed by atoms with Crippen molar-refractivity contribution < 1.29 is 56.1 Å². The van der Waals surface area contributed by atoms with Crippen LogP contribution >= 0.6 is 0 Å². The van der Waals surface area contributed by atoms with Gasteiger partial charge in [0.15, 0.2) is 34.7 Å². The molecule has 0 aromatic heterocycles. The van der Waals surface area contributed by atoms with E-state index in [9.17, 15) is 41.8 Å². The van der Waals surface area contributed by atoms with Gasteiger partial charge >= 0.3 is 5.97 Å². The first-order chi connectivity index (χ1) is 21.5. The van der Waals surface area contributed by atoms with Gasteiger partial charge in [0, 0.05) is 18.2 Å². The Morgan fingerprint density at radius 2 is 1.60 bits per heavy atom. The van der Waals surface area contributed by atoms with E-state index < -0.39 is 77.7 Å². The lowest BCUT2D eigenvalue weighted by atomic mass is 10.00. The van der Waals surface area contributed by atoms with Gasteiger partial charge in [-0.3, -0.25) is 19.2 Å². The zero-order chi connectivity index (χ0) is 32.4. The van der Waals surface area contributed by atoms with Crippen LogP contribution in [0.3, 0.4) is 0 Å². The van der Waals surface area contributed by atoms with E-state index >= 15 is 0 Å². The number of carboxylic acid groups (broad SMARTS) is 1. The largest absolute Gasteiger partial charge is 0.486 e. The summed E-state index contributed by atoms with van der Waals surface area (Å²) in [7, 11) is 0. The van der Waals surface area contributed by atoms with Gasteiger partial charge in [0.1, 0.15) is 31.9 Å². The lowest BCUT2D eigenvalue weighted by Gasteiger charge is -2.27. The number of aliphatic carboxylic acids is 1. The monoisotopic (exact) mass is 630 g/mol. The molecule has 0 saturated carbocycles. The Labute approximate surface area is 253 Å². The van der Waals surface area contributed by atoms with E-state index in [4.69, 9.17) is 9.47 Å². The molecule has 45 heavy (non-hydrogen) atoms. The number of carbonyl (C=O) groups is 4. The number of ketones is 1. The number of benzene rings is 3. The van der Waals surface area contributed by atoms with Gasteiger partial charge in [0.05, 0.1) is 6.42 Å². The summed E-state index contributed by atoms with van der Waals surface area (Å²) in [4.78, 5) is 52.3. The Balaban J connectivity index is 1.30. The molecule has 2 amide bonds. The Kier molecular flexibility index (Phi) is 8.93. The molecule has 2 heterocycles. The number of halogens is 4. The standard InChI is InChI=1S/C31H26F4N2O8/c1-2-22(30(41)36-21(12-26(39)40)23(38)14-45-29-27(34)19(32)11-20(33)28(29)35)37-13-17-4-3-15(9-18(17)31(37)42)16-5-6-24-25(10-16)44-8-7-43-24/h3-6,9-11,21-22H,2,7-8,12-14H2,1H3,(H,36,41)(H,39,40)/t21-,22+/m1/s1. The summed E-state index contributed by atoms with van der Waals surface area (Å²) >= 11 is 0. The first-order valence-electron chi connectivity index (χ1n) is 13.8. The molecular formula is C31H26F4N2O8. The summed E-state index contributed by atoms with van der Waals surface area (Å²) in [6, 6.07) is 7.73. The van der Waals surface area contributed by atoms with Crippen LogP contribution in [0.2, 0.25) is 0 Å². The minimum Gasteiger partial charge on any atom is -0.486 e. The quantitative estimate of drug-likeness (QED) is 0.240. The molecule has 0 spiro atoms. The number of hydrogen-bond acceptors (Lipinski definition) is 7. The number of ether oxygens (including phenoxy) is 3. The van der Waals surface area contributed by atoms with Crippen molar-refractivity contribution >= 4 is 23.6 Å². The lowest BCUT2D eigenvalue weighted by Crippen LogP contribution is -2.52. The molecule has 0 radical (unpaired) electrons. The predicted octanol–water partition coefficient (Wildman–Crippen LogP) is 4.02. The van der Waals surface area contributed by atoms with Crippen molar-refractivity contribution in [2.45, 2.75) is 38.4 Å². The van der Waals surface area contributed by atoms with E-state index in [0.29, 0.717) is 35.8 Å². The summed E-state index contributed by atoms with van der Waals surface area (Å²) in [6.07, 6.45) is -0.857. The van der Waals surface area contributed by atoms with Gasteiger partial charge in [0.25, 0.3) is 5.91 Å². The molecule has 0 aliphatic carbocycles. The molecular weight excluding hydrogens is 604 g/mol. The van der Waals surface area contributed by atoms with Crippen molar-refractivity contribution in [2.24, 2.45) is 0 Å². The Morgan fingerprint density at radius 1 is 0.956 bits per heavy atom.